The van der Waals surface area contributed by atoms with Gasteiger partial charge in [-0.3, -0.25) is 4.68 Å². The molecule has 108 valence electrons. The highest BCUT2D eigenvalue weighted by molar-refractivity contribution is 6.48. The first-order valence-corrected chi connectivity index (χ1v) is 7.49. The van der Waals surface area contributed by atoms with E-state index in [2.05, 4.69) is 17.3 Å². The van der Waals surface area contributed by atoms with Crippen LogP contribution in [0, 0.1) is 0 Å². The molecule has 0 saturated carbocycles. The monoisotopic (exact) mass is 331 g/mol. The van der Waals surface area contributed by atoms with Crippen LogP contribution in [-0.4, -0.2) is 15.8 Å². The van der Waals surface area contributed by atoms with Crippen molar-refractivity contribution >= 4 is 34.8 Å². The Morgan fingerprint density at radius 2 is 1.95 bits per heavy atom. The standard InChI is InChI=1S/C14H16Cl3N3/c1-9(8-20-7-3-6-18-20)19-10(2)11-4-5-12(15)14(17)13(11)16/h3-7,9-10,19H,8H2,1-2H3. The largest absolute Gasteiger partial charge is 0.306 e. The smallest absolute Gasteiger partial charge is 0.0781 e. The van der Waals surface area contributed by atoms with Crippen LogP contribution in [0.3, 0.4) is 0 Å². The van der Waals surface area contributed by atoms with Gasteiger partial charge in [0.1, 0.15) is 0 Å². The van der Waals surface area contributed by atoms with Gasteiger partial charge in [0.25, 0.3) is 0 Å². The summed E-state index contributed by atoms with van der Waals surface area (Å²) in [5.74, 6) is 0. The average Bonchev–Trinajstić information content (AvgIpc) is 2.88. The summed E-state index contributed by atoms with van der Waals surface area (Å²) in [7, 11) is 0. The molecule has 1 aromatic heterocycles. The van der Waals surface area contributed by atoms with Gasteiger partial charge in [0.15, 0.2) is 0 Å². The van der Waals surface area contributed by atoms with Gasteiger partial charge in [0, 0.05) is 24.5 Å². The zero-order valence-corrected chi connectivity index (χ0v) is 13.5. The van der Waals surface area contributed by atoms with Crippen LogP contribution in [0.4, 0.5) is 0 Å². The lowest BCUT2D eigenvalue weighted by molar-refractivity contribution is 0.413. The molecule has 0 saturated heterocycles. The lowest BCUT2D eigenvalue weighted by Crippen LogP contribution is -2.33. The molecule has 20 heavy (non-hydrogen) atoms. The van der Waals surface area contributed by atoms with E-state index in [-0.39, 0.29) is 12.1 Å². The molecule has 0 radical (unpaired) electrons. The second-order valence-electron chi connectivity index (χ2n) is 4.78. The summed E-state index contributed by atoms with van der Waals surface area (Å²) in [6.45, 7) is 4.94. The van der Waals surface area contributed by atoms with E-state index in [0.29, 0.717) is 15.1 Å². The number of aromatic nitrogens is 2. The van der Waals surface area contributed by atoms with Crippen LogP contribution in [0.25, 0.3) is 0 Å². The Balaban J connectivity index is 2.04. The predicted octanol–water partition coefficient (Wildman–Crippen LogP) is 4.58. The summed E-state index contributed by atoms with van der Waals surface area (Å²) in [5.41, 5.74) is 0.938. The molecule has 1 heterocycles. The highest BCUT2D eigenvalue weighted by Crippen LogP contribution is 2.35. The van der Waals surface area contributed by atoms with E-state index >= 15 is 0 Å². The highest BCUT2D eigenvalue weighted by Gasteiger charge is 2.16. The average molecular weight is 333 g/mol. The SMILES string of the molecule is CC(Cn1cccn1)NC(C)c1ccc(Cl)c(Cl)c1Cl. The quantitative estimate of drug-likeness (QED) is 0.812. The molecule has 0 amide bonds. The fraction of sp³-hybridized carbons (Fsp3) is 0.357. The molecule has 2 unspecified atom stereocenters. The lowest BCUT2D eigenvalue weighted by atomic mass is 10.1. The van der Waals surface area contributed by atoms with E-state index in [1.54, 1.807) is 12.3 Å². The Bertz CT molecular complexity index is 569. The fourth-order valence-electron chi connectivity index (χ4n) is 2.13. The Kier molecular flexibility index (Phi) is 5.33. The minimum Gasteiger partial charge on any atom is -0.306 e. The Morgan fingerprint density at radius 3 is 2.60 bits per heavy atom. The van der Waals surface area contributed by atoms with Crippen LogP contribution in [0.1, 0.15) is 25.5 Å². The van der Waals surface area contributed by atoms with Crippen molar-refractivity contribution in [1.29, 1.82) is 0 Å². The fourth-order valence-corrected chi connectivity index (χ4v) is 2.84. The maximum absolute atomic E-state index is 6.25. The van der Waals surface area contributed by atoms with Gasteiger partial charge in [-0.25, -0.2) is 0 Å². The van der Waals surface area contributed by atoms with Gasteiger partial charge >= 0.3 is 0 Å². The third-order valence-corrected chi connectivity index (χ3v) is 4.39. The molecule has 0 aliphatic carbocycles. The van der Waals surface area contributed by atoms with Crippen LogP contribution in [-0.2, 0) is 6.54 Å². The predicted molar refractivity (Wildman–Crippen MR) is 84.7 cm³/mol. The Hall–Kier alpha value is -0.740. The van der Waals surface area contributed by atoms with Crippen LogP contribution >= 0.6 is 34.8 Å². The Morgan fingerprint density at radius 1 is 1.20 bits per heavy atom. The first-order valence-electron chi connectivity index (χ1n) is 6.36. The van der Waals surface area contributed by atoms with Crippen molar-refractivity contribution in [2.24, 2.45) is 0 Å². The molecule has 2 rings (SSSR count). The number of halogens is 3. The summed E-state index contributed by atoms with van der Waals surface area (Å²) in [6.07, 6.45) is 3.71. The number of nitrogens with one attached hydrogen (secondary N) is 1. The maximum atomic E-state index is 6.25. The molecule has 3 nitrogen and oxygen atoms in total. The molecule has 0 aliphatic heterocycles. The number of rotatable bonds is 5. The third kappa shape index (κ3) is 3.67. The molecule has 1 N–H and O–H groups in total. The number of benzene rings is 1. The van der Waals surface area contributed by atoms with E-state index < -0.39 is 0 Å². The van der Waals surface area contributed by atoms with Crippen molar-refractivity contribution in [1.82, 2.24) is 15.1 Å². The summed E-state index contributed by atoms with van der Waals surface area (Å²) in [6, 6.07) is 5.89. The second-order valence-corrected chi connectivity index (χ2v) is 5.95. The zero-order valence-electron chi connectivity index (χ0n) is 11.3. The van der Waals surface area contributed by atoms with Gasteiger partial charge in [-0.2, -0.15) is 5.10 Å². The van der Waals surface area contributed by atoms with Gasteiger partial charge in [-0.1, -0.05) is 40.9 Å². The first-order chi connectivity index (χ1) is 9.49. The van der Waals surface area contributed by atoms with Crippen molar-refractivity contribution in [2.75, 3.05) is 0 Å². The summed E-state index contributed by atoms with van der Waals surface area (Å²) < 4.78 is 1.89. The molecule has 2 atom stereocenters. The Labute approximate surface area is 133 Å². The minimum absolute atomic E-state index is 0.0721. The van der Waals surface area contributed by atoms with Crippen molar-refractivity contribution in [3.63, 3.8) is 0 Å². The summed E-state index contributed by atoms with van der Waals surface area (Å²) in [4.78, 5) is 0. The molecular formula is C14H16Cl3N3. The van der Waals surface area contributed by atoms with Gasteiger partial charge < -0.3 is 5.32 Å². The van der Waals surface area contributed by atoms with Crippen LogP contribution in [0.15, 0.2) is 30.6 Å². The van der Waals surface area contributed by atoms with E-state index in [1.165, 1.54) is 0 Å². The molecule has 0 fully saturated rings. The lowest BCUT2D eigenvalue weighted by Gasteiger charge is -2.22. The van der Waals surface area contributed by atoms with Crippen LogP contribution in [0.5, 0.6) is 0 Å². The van der Waals surface area contributed by atoms with Crippen molar-refractivity contribution in [2.45, 2.75) is 32.5 Å². The van der Waals surface area contributed by atoms with Crippen molar-refractivity contribution in [3.05, 3.63) is 51.2 Å². The topological polar surface area (TPSA) is 29.9 Å². The highest BCUT2D eigenvalue weighted by atomic mass is 35.5. The second kappa shape index (κ2) is 6.81. The van der Waals surface area contributed by atoms with E-state index in [4.69, 9.17) is 34.8 Å². The van der Waals surface area contributed by atoms with Crippen molar-refractivity contribution in [3.8, 4) is 0 Å². The zero-order chi connectivity index (χ0) is 14.7. The molecule has 0 bridgehead atoms. The summed E-state index contributed by atoms with van der Waals surface area (Å²) >= 11 is 18.3. The maximum Gasteiger partial charge on any atom is 0.0781 e. The molecule has 0 aliphatic rings. The van der Waals surface area contributed by atoms with Crippen LogP contribution in [0.2, 0.25) is 15.1 Å². The molecule has 1 aromatic carbocycles. The first kappa shape index (κ1) is 15.6. The number of nitrogens with zero attached hydrogens (tertiary/aromatic N) is 2. The van der Waals surface area contributed by atoms with Crippen LogP contribution < -0.4 is 5.32 Å². The normalized spacial score (nSPS) is 14.2. The van der Waals surface area contributed by atoms with Gasteiger partial charge in [0.2, 0.25) is 0 Å². The van der Waals surface area contributed by atoms with E-state index in [0.717, 1.165) is 12.1 Å². The van der Waals surface area contributed by atoms with Gasteiger partial charge in [-0.05, 0) is 31.5 Å². The molecule has 2 aromatic rings. The number of hydrogen-bond donors (Lipinski definition) is 1. The third-order valence-electron chi connectivity index (χ3n) is 3.09. The van der Waals surface area contributed by atoms with Gasteiger partial charge in [-0.15, -0.1) is 0 Å². The van der Waals surface area contributed by atoms with E-state index in [9.17, 15) is 0 Å². The number of hydrogen-bond acceptors (Lipinski definition) is 2. The molecule has 6 heteroatoms. The minimum atomic E-state index is 0.0721. The summed E-state index contributed by atoms with van der Waals surface area (Å²) in [5, 5.41) is 9.04. The van der Waals surface area contributed by atoms with E-state index in [1.807, 2.05) is 29.9 Å². The van der Waals surface area contributed by atoms with Gasteiger partial charge in [0.05, 0.1) is 21.6 Å². The van der Waals surface area contributed by atoms with Crippen molar-refractivity contribution < 1.29 is 0 Å². The molecule has 0 spiro atoms. The molecular weight excluding hydrogens is 317 g/mol.